The van der Waals surface area contributed by atoms with E-state index in [-0.39, 0.29) is 27.3 Å². The van der Waals surface area contributed by atoms with Gasteiger partial charge in [0.1, 0.15) is 0 Å². The van der Waals surface area contributed by atoms with Gasteiger partial charge in [-0.2, -0.15) is 0 Å². The molecule has 4 heteroatoms. The molecule has 0 spiro atoms. The molecular formula is C5H10NS2Tl-. The molecule has 0 heterocycles. The van der Waals surface area contributed by atoms with E-state index in [2.05, 4.69) is 0 Å². The zero-order chi connectivity index (χ0) is 6.57. The molecule has 9 heavy (non-hydrogen) atoms. The molecule has 0 aliphatic rings. The van der Waals surface area contributed by atoms with E-state index in [1.807, 2.05) is 18.7 Å². The molecule has 0 aliphatic heterocycles. The van der Waals surface area contributed by atoms with Crippen LogP contribution in [0.15, 0.2) is 0 Å². The Morgan fingerprint density at radius 3 is 1.78 bits per heavy atom. The Labute approximate surface area is 87.8 Å². The first-order valence-electron chi connectivity index (χ1n) is 2.68. The molecular weight excluding hydrogens is 339 g/mol. The van der Waals surface area contributed by atoms with Crippen molar-refractivity contribution >= 4 is 56.5 Å². The van der Waals surface area contributed by atoms with E-state index in [9.17, 15) is 0 Å². The van der Waals surface area contributed by atoms with Crippen LogP contribution in [-0.4, -0.2) is 49.6 Å². The fraction of sp³-hybridized carbons (Fsp3) is 0.800. The zero-order valence-corrected chi connectivity index (χ0v) is 11.9. The predicted octanol–water partition coefficient (Wildman–Crippen LogP) is 0.779. The monoisotopic (exact) mass is 349 g/mol. The van der Waals surface area contributed by atoms with Gasteiger partial charge in [0.05, 0.1) is 0 Å². The number of hydrogen-bond acceptors (Lipinski definition) is 2. The first-order chi connectivity index (χ1) is 3.72. The third kappa shape index (κ3) is 5.47. The first-order valence-corrected chi connectivity index (χ1v) is 3.50. The summed E-state index contributed by atoms with van der Waals surface area (Å²) < 4.78 is 0.579. The van der Waals surface area contributed by atoms with Crippen LogP contribution in [0.1, 0.15) is 13.8 Å². The number of rotatable bonds is 2. The molecule has 0 amide bonds. The number of nitrogens with zero attached hydrogens (tertiary/aromatic N) is 1. The molecule has 0 aromatic rings. The molecule has 1 radical (unpaired) electrons. The Balaban J connectivity index is 0. The Hall–Kier alpha value is 1.03. The van der Waals surface area contributed by atoms with E-state index in [1.54, 1.807) is 0 Å². The van der Waals surface area contributed by atoms with Crippen molar-refractivity contribution in [2.24, 2.45) is 0 Å². The van der Waals surface area contributed by atoms with E-state index in [1.165, 1.54) is 0 Å². The fourth-order valence-corrected chi connectivity index (χ4v) is 0.998. The largest absolute Gasteiger partial charge is 0.411 e. The average molecular weight is 349 g/mol. The molecule has 0 fully saturated rings. The Morgan fingerprint density at radius 2 is 1.78 bits per heavy atom. The fourth-order valence-electron chi connectivity index (χ4n) is 0.482. The van der Waals surface area contributed by atoms with Crippen molar-refractivity contribution in [2.45, 2.75) is 13.8 Å². The molecule has 0 aliphatic carbocycles. The van der Waals surface area contributed by atoms with Crippen molar-refractivity contribution in [2.75, 3.05) is 13.1 Å². The molecule has 0 rings (SSSR count). The van der Waals surface area contributed by atoms with Crippen LogP contribution < -0.4 is 0 Å². The van der Waals surface area contributed by atoms with E-state index in [0.717, 1.165) is 13.1 Å². The van der Waals surface area contributed by atoms with E-state index < -0.39 is 0 Å². The average Bonchev–Trinajstić information content (AvgIpc) is 1.69. The van der Waals surface area contributed by atoms with Gasteiger partial charge in [-0.3, -0.25) is 0 Å². The summed E-state index contributed by atoms with van der Waals surface area (Å²) in [6, 6.07) is 0. The van der Waals surface area contributed by atoms with E-state index in [0.29, 0.717) is 4.32 Å². The van der Waals surface area contributed by atoms with Gasteiger partial charge in [0.15, 0.2) is 0 Å². The van der Waals surface area contributed by atoms with Crippen LogP contribution in [0, 0.1) is 0 Å². The zero-order valence-electron chi connectivity index (χ0n) is 5.76. The van der Waals surface area contributed by atoms with Gasteiger partial charge < -0.3 is 29.7 Å². The Bertz CT molecular complexity index is 83.0. The molecule has 0 bridgehead atoms. The van der Waals surface area contributed by atoms with Crippen molar-refractivity contribution < 1.29 is 0 Å². The molecule has 0 aromatic carbocycles. The Kier molecular flexibility index (Phi) is 10.1. The Morgan fingerprint density at radius 1 is 1.44 bits per heavy atom. The molecule has 0 atom stereocenters. The van der Waals surface area contributed by atoms with E-state index >= 15 is 0 Å². The van der Waals surface area contributed by atoms with Crippen molar-refractivity contribution in [3.63, 3.8) is 0 Å². The van der Waals surface area contributed by atoms with Gasteiger partial charge in [0.2, 0.25) is 0 Å². The van der Waals surface area contributed by atoms with Crippen LogP contribution in [0.2, 0.25) is 0 Å². The van der Waals surface area contributed by atoms with Gasteiger partial charge in [0, 0.05) is 40.4 Å². The van der Waals surface area contributed by atoms with Crippen molar-refractivity contribution in [1.82, 2.24) is 4.90 Å². The van der Waals surface area contributed by atoms with Gasteiger partial charge in [-0.15, -0.1) is 0 Å². The second-order valence-corrected chi connectivity index (χ2v) is 2.47. The standard InChI is InChI=1S/C5H11NS2.Tl/c1-3-6(4-2)5(7)8;/h3-4H2,1-2H3,(H,7,8);/p-1/i;1-3. The minimum atomic E-state index is 0. The minimum Gasteiger partial charge on any atom is -0.411 e. The molecule has 51 valence electrons. The van der Waals surface area contributed by atoms with Gasteiger partial charge in [-0.05, 0) is 13.8 Å². The van der Waals surface area contributed by atoms with Crippen LogP contribution in [0.25, 0.3) is 0 Å². The maximum atomic E-state index is 4.76. The maximum Gasteiger partial charge on any atom is 0.0133 e. The minimum absolute atomic E-state index is 0. The first kappa shape index (κ1) is 12.7. The molecule has 0 saturated heterocycles. The van der Waals surface area contributed by atoms with Crippen molar-refractivity contribution in [3.8, 4) is 0 Å². The second-order valence-electron chi connectivity index (χ2n) is 1.44. The third-order valence-electron chi connectivity index (χ3n) is 1.02. The summed E-state index contributed by atoms with van der Waals surface area (Å²) in [6.07, 6.45) is 0. The molecule has 0 unspecified atom stereocenters. The maximum absolute atomic E-state index is 4.76. The topological polar surface area (TPSA) is 3.24 Å². The summed E-state index contributed by atoms with van der Waals surface area (Å²) >= 11 is 9.51. The summed E-state index contributed by atoms with van der Waals surface area (Å²) in [5.74, 6) is 0. The quantitative estimate of drug-likeness (QED) is 0.412. The summed E-state index contributed by atoms with van der Waals surface area (Å²) in [6.45, 7) is 5.95. The van der Waals surface area contributed by atoms with Gasteiger partial charge >= 0.3 is 0 Å². The summed E-state index contributed by atoms with van der Waals surface area (Å²) in [5, 5.41) is 0. The predicted molar refractivity (Wildman–Crippen MR) is 48.6 cm³/mol. The van der Waals surface area contributed by atoms with Crippen LogP contribution in [-0.2, 0) is 12.6 Å². The van der Waals surface area contributed by atoms with Crippen LogP contribution in [0.4, 0.5) is 0 Å². The number of hydrogen-bond donors (Lipinski definition) is 0. The van der Waals surface area contributed by atoms with Gasteiger partial charge in [-0.1, -0.05) is 4.32 Å². The van der Waals surface area contributed by atoms with Crippen LogP contribution in [0.3, 0.4) is 0 Å². The van der Waals surface area contributed by atoms with Gasteiger partial charge in [0.25, 0.3) is 0 Å². The third-order valence-corrected chi connectivity index (χ3v) is 1.54. The molecule has 0 N–H and O–H groups in total. The van der Waals surface area contributed by atoms with Gasteiger partial charge in [-0.25, -0.2) is 0 Å². The SMILES string of the molecule is CCN(CC)C(=S)[S-].[201Tl]. The van der Waals surface area contributed by atoms with Crippen LogP contribution >= 0.6 is 12.2 Å². The van der Waals surface area contributed by atoms with Crippen LogP contribution in [0.5, 0.6) is 0 Å². The molecule has 1 nitrogen and oxygen atoms in total. The van der Waals surface area contributed by atoms with Crippen molar-refractivity contribution in [1.29, 1.82) is 0 Å². The van der Waals surface area contributed by atoms with E-state index in [4.69, 9.17) is 24.8 Å². The summed E-state index contributed by atoms with van der Waals surface area (Å²) in [5.41, 5.74) is 0. The van der Waals surface area contributed by atoms with Crippen molar-refractivity contribution in [3.05, 3.63) is 0 Å². The smallest absolute Gasteiger partial charge is 0.0133 e. The number of thiocarbonyl (C=S) groups is 1. The normalized spacial score (nSPS) is 7.78. The molecule has 0 saturated carbocycles. The summed E-state index contributed by atoms with van der Waals surface area (Å²) in [4.78, 5) is 1.96. The summed E-state index contributed by atoms with van der Waals surface area (Å²) in [7, 11) is 0. The second kappa shape index (κ2) is 7.14. The molecule has 0 aromatic heterocycles.